The third kappa shape index (κ3) is 2.95. The minimum atomic E-state index is -0.335. The summed E-state index contributed by atoms with van der Waals surface area (Å²) in [6.45, 7) is 1.94. The zero-order valence-electron chi connectivity index (χ0n) is 9.74. The molecule has 94 valence electrons. The summed E-state index contributed by atoms with van der Waals surface area (Å²) in [6, 6.07) is 6.37. The molecule has 6 heteroatoms. The molecule has 1 heterocycles. The molecule has 0 amide bonds. The van der Waals surface area contributed by atoms with Gasteiger partial charge in [-0.1, -0.05) is 6.92 Å². The van der Waals surface area contributed by atoms with E-state index in [9.17, 15) is 4.39 Å². The molecule has 3 N–H and O–H groups in total. The van der Waals surface area contributed by atoms with Gasteiger partial charge >= 0.3 is 0 Å². The molecule has 2 rings (SSSR count). The van der Waals surface area contributed by atoms with Crippen LogP contribution in [0.2, 0.25) is 0 Å². The Hall–Kier alpha value is -1.69. The summed E-state index contributed by atoms with van der Waals surface area (Å²) in [7, 11) is 0. The number of nitrogens with one attached hydrogen (secondary N) is 1. The van der Waals surface area contributed by atoms with Crippen LogP contribution in [-0.2, 0) is 6.42 Å². The van der Waals surface area contributed by atoms with Gasteiger partial charge in [-0.05, 0) is 34.1 Å². The summed E-state index contributed by atoms with van der Waals surface area (Å²) >= 11 is 3.10. The number of rotatable bonds is 3. The smallest absolute Gasteiger partial charge is 0.139 e. The number of aryl methyl sites for hydroxylation is 1. The molecule has 0 aliphatic heterocycles. The summed E-state index contributed by atoms with van der Waals surface area (Å²) in [6.07, 6.45) is 0.689. The highest BCUT2D eigenvalue weighted by Crippen LogP contribution is 2.22. The monoisotopic (exact) mass is 310 g/mol. The lowest BCUT2D eigenvalue weighted by atomic mass is 10.3. The predicted molar refractivity (Wildman–Crippen MR) is 73.2 cm³/mol. The van der Waals surface area contributed by atoms with Crippen molar-refractivity contribution in [3.05, 3.63) is 40.4 Å². The van der Waals surface area contributed by atoms with Crippen molar-refractivity contribution in [2.75, 3.05) is 11.1 Å². The lowest BCUT2D eigenvalue weighted by Gasteiger charge is -2.08. The Labute approximate surface area is 113 Å². The second-order valence-corrected chi connectivity index (χ2v) is 4.56. The van der Waals surface area contributed by atoms with Crippen LogP contribution >= 0.6 is 15.9 Å². The highest BCUT2D eigenvalue weighted by Gasteiger charge is 2.04. The lowest BCUT2D eigenvalue weighted by Crippen LogP contribution is -2.02. The Balaban J connectivity index is 2.27. The number of hydrogen-bond donors (Lipinski definition) is 2. The van der Waals surface area contributed by atoms with E-state index in [0.29, 0.717) is 34.0 Å². The molecule has 0 bridgehead atoms. The van der Waals surface area contributed by atoms with E-state index in [1.165, 1.54) is 6.07 Å². The molecule has 0 saturated heterocycles. The normalized spacial score (nSPS) is 10.4. The number of nitrogen functional groups attached to an aromatic ring is 1. The summed E-state index contributed by atoms with van der Waals surface area (Å²) in [4.78, 5) is 8.33. The molecule has 0 radical (unpaired) electrons. The SMILES string of the molecule is CCc1nc(N)cc(Nc2ccc(Br)c(F)c2)n1. The van der Waals surface area contributed by atoms with Gasteiger partial charge < -0.3 is 11.1 Å². The van der Waals surface area contributed by atoms with Crippen molar-refractivity contribution in [2.45, 2.75) is 13.3 Å². The van der Waals surface area contributed by atoms with Crippen LogP contribution in [0.3, 0.4) is 0 Å². The molecule has 2 aromatic rings. The van der Waals surface area contributed by atoms with Crippen LogP contribution < -0.4 is 11.1 Å². The maximum absolute atomic E-state index is 13.4. The fourth-order valence-corrected chi connectivity index (χ4v) is 1.71. The van der Waals surface area contributed by atoms with Gasteiger partial charge in [-0.25, -0.2) is 14.4 Å². The lowest BCUT2D eigenvalue weighted by molar-refractivity contribution is 0.622. The summed E-state index contributed by atoms with van der Waals surface area (Å²) in [5.74, 6) is 1.26. The molecule has 0 fully saturated rings. The van der Waals surface area contributed by atoms with Crippen LogP contribution in [0.4, 0.5) is 21.7 Å². The third-order valence-corrected chi connectivity index (χ3v) is 2.94. The van der Waals surface area contributed by atoms with Crippen LogP contribution in [-0.4, -0.2) is 9.97 Å². The Morgan fingerprint density at radius 1 is 1.33 bits per heavy atom. The van der Waals surface area contributed by atoms with Gasteiger partial charge in [-0.2, -0.15) is 0 Å². The summed E-state index contributed by atoms with van der Waals surface area (Å²) in [5.41, 5.74) is 6.28. The first kappa shape index (κ1) is 12.8. The van der Waals surface area contributed by atoms with Gasteiger partial charge in [-0.15, -0.1) is 0 Å². The molecular weight excluding hydrogens is 299 g/mol. The highest BCUT2D eigenvalue weighted by atomic mass is 79.9. The third-order valence-electron chi connectivity index (χ3n) is 2.30. The van der Waals surface area contributed by atoms with Crippen LogP contribution in [0.5, 0.6) is 0 Å². The fraction of sp³-hybridized carbons (Fsp3) is 0.167. The van der Waals surface area contributed by atoms with Gasteiger partial charge in [0, 0.05) is 18.2 Å². The van der Waals surface area contributed by atoms with E-state index in [0.717, 1.165) is 0 Å². The van der Waals surface area contributed by atoms with Crippen molar-refractivity contribution in [1.29, 1.82) is 0 Å². The van der Waals surface area contributed by atoms with Gasteiger partial charge in [0.05, 0.1) is 4.47 Å². The van der Waals surface area contributed by atoms with E-state index in [1.54, 1.807) is 18.2 Å². The van der Waals surface area contributed by atoms with Crippen molar-refractivity contribution in [3.63, 3.8) is 0 Å². The number of anilines is 3. The number of nitrogens with zero attached hydrogens (tertiary/aromatic N) is 2. The maximum Gasteiger partial charge on any atom is 0.139 e. The molecule has 18 heavy (non-hydrogen) atoms. The predicted octanol–water partition coefficient (Wildman–Crippen LogP) is 3.27. The number of hydrogen-bond acceptors (Lipinski definition) is 4. The Morgan fingerprint density at radius 3 is 2.78 bits per heavy atom. The maximum atomic E-state index is 13.4. The van der Waals surface area contributed by atoms with Gasteiger partial charge in [0.15, 0.2) is 0 Å². The first-order valence-corrected chi connectivity index (χ1v) is 6.23. The first-order chi connectivity index (χ1) is 8.58. The zero-order chi connectivity index (χ0) is 13.1. The van der Waals surface area contributed by atoms with E-state index >= 15 is 0 Å². The second kappa shape index (κ2) is 5.30. The molecule has 0 aliphatic carbocycles. The average Bonchev–Trinajstić information content (AvgIpc) is 2.33. The van der Waals surface area contributed by atoms with Crippen molar-refractivity contribution in [2.24, 2.45) is 0 Å². The largest absolute Gasteiger partial charge is 0.384 e. The standard InChI is InChI=1S/C12H12BrFN4/c1-2-11-17-10(15)6-12(18-11)16-7-3-4-8(13)9(14)5-7/h3-6H,2H2,1H3,(H3,15,16,17,18). The van der Waals surface area contributed by atoms with Crippen molar-refractivity contribution < 1.29 is 4.39 Å². The van der Waals surface area contributed by atoms with E-state index in [2.05, 4.69) is 31.2 Å². The molecule has 1 aromatic heterocycles. The van der Waals surface area contributed by atoms with Gasteiger partial charge in [0.1, 0.15) is 23.3 Å². The van der Waals surface area contributed by atoms with E-state index in [1.807, 2.05) is 6.92 Å². The van der Waals surface area contributed by atoms with E-state index in [-0.39, 0.29) is 5.82 Å². The zero-order valence-corrected chi connectivity index (χ0v) is 11.3. The van der Waals surface area contributed by atoms with Crippen molar-refractivity contribution in [3.8, 4) is 0 Å². The molecular formula is C12H12BrFN4. The molecule has 0 spiro atoms. The molecule has 0 atom stereocenters. The van der Waals surface area contributed by atoms with Crippen LogP contribution in [0, 0.1) is 5.82 Å². The fourth-order valence-electron chi connectivity index (χ4n) is 1.46. The number of halogens is 2. The summed E-state index contributed by atoms with van der Waals surface area (Å²) < 4.78 is 13.8. The minimum absolute atomic E-state index is 0.335. The molecule has 4 nitrogen and oxygen atoms in total. The van der Waals surface area contributed by atoms with Crippen molar-refractivity contribution in [1.82, 2.24) is 9.97 Å². The van der Waals surface area contributed by atoms with Crippen molar-refractivity contribution >= 4 is 33.3 Å². The molecule has 1 aromatic carbocycles. The summed E-state index contributed by atoms with van der Waals surface area (Å²) in [5, 5.41) is 3.00. The van der Waals surface area contributed by atoms with Crippen LogP contribution in [0.15, 0.2) is 28.7 Å². The topological polar surface area (TPSA) is 63.8 Å². The van der Waals surface area contributed by atoms with Gasteiger partial charge in [-0.3, -0.25) is 0 Å². The highest BCUT2D eigenvalue weighted by molar-refractivity contribution is 9.10. The quantitative estimate of drug-likeness (QED) is 0.913. The van der Waals surface area contributed by atoms with E-state index in [4.69, 9.17) is 5.73 Å². The Bertz CT molecular complexity index is 574. The van der Waals surface area contributed by atoms with Crippen LogP contribution in [0.1, 0.15) is 12.7 Å². The minimum Gasteiger partial charge on any atom is -0.384 e. The second-order valence-electron chi connectivity index (χ2n) is 3.70. The number of benzene rings is 1. The molecule has 0 aliphatic rings. The number of aromatic nitrogens is 2. The first-order valence-electron chi connectivity index (χ1n) is 5.44. The van der Waals surface area contributed by atoms with Gasteiger partial charge in [0.2, 0.25) is 0 Å². The van der Waals surface area contributed by atoms with Gasteiger partial charge in [0.25, 0.3) is 0 Å². The Morgan fingerprint density at radius 2 is 2.11 bits per heavy atom. The Kier molecular flexibility index (Phi) is 3.76. The average molecular weight is 311 g/mol. The molecule has 0 unspecified atom stereocenters. The number of nitrogens with two attached hydrogens (primary N) is 1. The molecule has 0 saturated carbocycles. The van der Waals surface area contributed by atoms with Crippen LogP contribution in [0.25, 0.3) is 0 Å². The van der Waals surface area contributed by atoms with E-state index < -0.39 is 0 Å².